The zero-order valence-electron chi connectivity index (χ0n) is 24.4. The summed E-state index contributed by atoms with van der Waals surface area (Å²) in [6.07, 6.45) is 1.68. The van der Waals surface area contributed by atoms with E-state index >= 15 is 0 Å². The molecule has 2 heterocycles. The van der Waals surface area contributed by atoms with Crippen molar-refractivity contribution >= 4 is 35.5 Å². The Bertz CT molecular complexity index is 1330. The molecule has 0 spiro atoms. The summed E-state index contributed by atoms with van der Waals surface area (Å²) >= 11 is 4.72. The van der Waals surface area contributed by atoms with Crippen LogP contribution < -0.4 is 28.4 Å². The first-order valence-corrected chi connectivity index (χ1v) is 14.3. The fraction of sp³-hybridized carbons (Fsp3) is 0.406. The predicted molar refractivity (Wildman–Crippen MR) is 167 cm³/mol. The predicted octanol–water partition coefficient (Wildman–Crippen LogP) is 7.60. The van der Waals surface area contributed by atoms with Gasteiger partial charge in [-0.05, 0) is 67.0 Å². The van der Waals surface area contributed by atoms with E-state index in [4.69, 9.17) is 40.6 Å². The molecule has 0 amide bonds. The molecule has 3 aromatic carbocycles. The number of fused-ring (bicyclic) bond motifs is 2. The van der Waals surface area contributed by atoms with Gasteiger partial charge in [-0.25, -0.2) is 0 Å². The number of hydrogen-bond donors (Lipinski definition) is 0. The van der Waals surface area contributed by atoms with Crippen LogP contribution in [0.25, 0.3) is 0 Å². The molecule has 0 radical (unpaired) electrons. The molecule has 0 fully saturated rings. The van der Waals surface area contributed by atoms with Crippen molar-refractivity contribution in [2.75, 3.05) is 26.3 Å². The fourth-order valence-electron chi connectivity index (χ4n) is 4.84. The second kappa shape index (κ2) is 13.7. The Hall–Kier alpha value is -3.49. The van der Waals surface area contributed by atoms with E-state index in [-0.39, 0.29) is 12.4 Å². The number of nitrogens with zero attached hydrogens (tertiary/aromatic N) is 2. The van der Waals surface area contributed by atoms with E-state index < -0.39 is 11.6 Å². The van der Waals surface area contributed by atoms with E-state index in [0.29, 0.717) is 47.7 Å². The van der Waals surface area contributed by atoms with Gasteiger partial charge < -0.3 is 28.4 Å². The summed E-state index contributed by atoms with van der Waals surface area (Å²) in [7, 11) is 0. The van der Waals surface area contributed by atoms with Crippen LogP contribution in [0.1, 0.15) is 46.1 Å². The van der Waals surface area contributed by atoms with Crippen LogP contribution in [-0.2, 0) is 6.54 Å². The molecule has 0 atom stereocenters. The van der Waals surface area contributed by atoms with Crippen molar-refractivity contribution in [1.29, 1.82) is 0 Å². The third kappa shape index (κ3) is 8.07. The number of aliphatic imine (C=N–C) groups is 1. The maximum Gasteiger partial charge on any atom is 0.246 e. The molecule has 10 heteroatoms. The van der Waals surface area contributed by atoms with Gasteiger partial charge in [0.05, 0.1) is 24.1 Å². The number of ether oxygens (including phenoxy) is 6. The minimum absolute atomic E-state index is 0. The van der Waals surface area contributed by atoms with Gasteiger partial charge in [0.15, 0.2) is 23.0 Å². The SMILES string of the molecule is CC1(C)Oc2cccc(OCCCN(CCCOc3cccc4c3OC(C)(C)O4)Cc3ccc(N=C=S)cc3)c2O1.Cl. The quantitative estimate of drug-likeness (QED) is 0.111. The Morgan fingerprint density at radius 3 is 1.71 bits per heavy atom. The minimum atomic E-state index is -0.694. The minimum Gasteiger partial charge on any atom is -0.489 e. The topological polar surface area (TPSA) is 71.0 Å². The first-order valence-electron chi connectivity index (χ1n) is 13.9. The van der Waals surface area contributed by atoms with Gasteiger partial charge in [-0.3, -0.25) is 4.90 Å². The molecule has 0 bridgehead atoms. The number of isothiocyanates is 1. The lowest BCUT2D eigenvalue weighted by Gasteiger charge is -2.23. The molecule has 0 saturated carbocycles. The summed E-state index contributed by atoms with van der Waals surface area (Å²) in [4.78, 5) is 6.46. The monoisotopic (exact) mass is 612 g/mol. The molecule has 42 heavy (non-hydrogen) atoms. The molecule has 8 nitrogen and oxygen atoms in total. The standard InChI is InChI=1S/C32H36N2O6S.ClH/c1-31(2)37-27-11-5-9-25(29(27)39-31)35-19-7-17-34(21-23-13-15-24(16-14-23)33-22-41)18-8-20-36-26-10-6-12-28-30(26)40-32(3,4)38-28;/h5-6,9-16H,7-8,17-21H2,1-4H3;1H. The van der Waals surface area contributed by atoms with Gasteiger partial charge >= 0.3 is 0 Å². The number of thiocarbonyl (C=S) groups is 1. The summed E-state index contributed by atoms with van der Waals surface area (Å²) in [5.41, 5.74) is 1.99. The van der Waals surface area contributed by atoms with Crippen LogP contribution in [0.4, 0.5) is 5.69 Å². The van der Waals surface area contributed by atoms with Crippen LogP contribution in [0.5, 0.6) is 34.5 Å². The highest BCUT2D eigenvalue weighted by molar-refractivity contribution is 7.78. The zero-order valence-corrected chi connectivity index (χ0v) is 26.0. The summed E-state index contributed by atoms with van der Waals surface area (Å²) in [6, 6.07) is 19.5. The molecule has 0 unspecified atom stereocenters. The van der Waals surface area contributed by atoms with Gasteiger partial charge in [-0.15, -0.1) is 12.4 Å². The van der Waals surface area contributed by atoms with Gasteiger partial charge in [0.2, 0.25) is 23.1 Å². The highest BCUT2D eigenvalue weighted by Gasteiger charge is 2.35. The summed E-state index contributed by atoms with van der Waals surface area (Å²) < 4.78 is 35.8. The lowest BCUT2D eigenvalue weighted by atomic mass is 10.2. The number of halogens is 1. The van der Waals surface area contributed by atoms with E-state index in [0.717, 1.165) is 38.2 Å². The Morgan fingerprint density at radius 2 is 1.24 bits per heavy atom. The van der Waals surface area contributed by atoms with Crippen LogP contribution in [0.2, 0.25) is 0 Å². The van der Waals surface area contributed by atoms with Crippen LogP contribution in [0, 0.1) is 0 Å². The first kappa shape index (κ1) is 31.4. The largest absolute Gasteiger partial charge is 0.489 e. The number of hydrogen-bond acceptors (Lipinski definition) is 9. The highest BCUT2D eigenvalue weighted by atomic mass is 35.5. The van der Waals surface area contributed by atoms with Crippen LogP contribution in [0.3, 0.4) is 0 Å². The maximum absolute atomic E-state index is 6.12. The van der Waals surface area contributed by atoms with Crippen molar-refractivity contribution in [3.05, 3.63) is 66.2 Å². The summed E-state index contributed by atoms with van der Waals surface area (Å²) in [5.74, 6) is 2.76. The molecule has 0 aliphatic carbocycles. The van der Waals surface area contributed by atoms with Crippen LogP contribution >= 0.6 is 24.6 Å². The third-order valence-corrected chi connectivity index (χ3v) is 6.65. The van der Waals surface area contributed by atoms with E-state index in [1.165, 1.54) is 5.56 Å². The lowest BCUT2D eigenvalue weighted by Crippen LogP contribution is -2.30. The molecule has 0 saturated heterocycles. The Labute approximate surface area is 258 Å². The molecular weight excluding hydrogens is 576 g/mol. The lowest BCUT2D eigenvalue weighted by molar-refractivity contribution is -0.0446. The first-order chi connectivity index (χ1) is 19.7. The molecule has 2 aliphatic heterocycles. The molecule has 0 N–H and O–H groups in total. The Morgan fingerprint density at radius 1 is 0.738 bits per heavy atom. The van der Waals surface area contributed by atoms with Crippen molar-refractivity contribution in [2.24, 2.45) is 4.99 Å². The second-order valence-electron chi connectivity index (χ2n) is 10.9. The number of para-hydroxylation sites is 2. The molecule has 3 aromatic rings. The average molecular weight is 613 g/mol. The Balaban J connectivity index is 0.00000405. The third-order valence-electron chi connectivity index (χ3n) is 6.56. The van der Waals surface area contributed by atoms with Gasteiger partial charge in [-0.1, -0.05) is 24.3 Å². The van der Waals surface area contributed by atoms with Crippen LogP contribution in [-0.4, -0.2) is 47.9 Å². The van der Waals surface area contributed by atoms with Gasteiger partial charge in [0.25, 0.3) is 0 Å². The van der Waals surface area contributed by atoms with Crippen molar-refractivity contribution < 1.29 is 28.4 Å². The van der Waals surface area contributed by atoms with E-state index in [1.807, 2.05) is 76.2 Å². The normalized spacial score (nSPS) is 15.1. The van der Waals surface area contributed by atoms with Gasteiger partial charge in [-0.2, -0.15) is 4.99 Å². The zero-order chi connectivity index (χ0) is 28.9. The highest BCUT2D eigenvalue weighted by Crippen LogP contribution is 2.46. The molecule has 2 aliphatic rings. The smallest absolute Gasteiger partial charge is 0.246 e. The Kier molecular flexibility index (Phi) is 10.2. The van der Waals surface area contributed by atoms with Crippen molar-refractivity contribution in [1.82, 2.24) is 4.90 Å². The molecular formula is C32H37ClN2O6S. The van der Waals surface area contributed by atoms with Crippen molar-refractivity contribution in [2.45, 2.75) is 58.7 Å². The fourth-order valence-corrected chi connectivity index (χ4v) is 4.95. The summed E-state index contributed by atoms with van der Waals surface area (Å²) in [5, 5.41) is 2.42. The van der Waals surface area contributed by atoms with Gasteiger partial charge in [0.1, 0.15) is 0 Å². The maximum atomic E-state index is 6.12. The molecule has 0 aromatic heterocycles. The molecule has 5 rings (SSSR count). The second-order valence-corrected chi connectivity index (χ2v) is 11.1. The molecule has 224 valence electrons. The van der Waals surface area contributed by atoms with Gasteiger partial charge in [0, 0.05) is 47.3 Å². The van der Waals surface area contributed by atoms with Crippen molar-refractivity contribution in [3.63, 3.8) is 0 Å². The summed E-state index contributed by atoms with van der Waals surface area (Å²) in [6.45, 7) is 11.2. The van der Waals surface area contributed by atoms with Crippen LogP contribution in [0.15, 0.2) is 65.7 Å². The van der Waals surface area contributed by atoms with E-state index in [9.17, 15) is 0 Å². The number of rotatable bonds is 13. The average Bonchev–Trinajstić information content (AvgIpc) is 3.43. The van der Waals surface area contributed by atoms with Crippen molar-refractivity contribution in [3.8, 4) is 34.5 Å². The van der Waals surface area contributed by atoms with E-state index in [1.54, 1.807) is 0 Å². The number of benzene rings is 3. The van der Waals surface area contributed by atoms with E-state index in [2.05, 4.69) is 27.2 Å².